The van der Waals surface area contributed by atoms with Crippen molar-refractivity contribution in [2.45, 2.75) is 19.4 Å². The Morgan fingerprint density at radius 2 is 2.45 bits per heavy atom. The highest BCUT2D eigenvalue weighted by atomic mass is 16.5. The summed E-state index contributed by atoms with van der Waals surface area (Å²) >= 11 is 0. The molecule has 0 aliphatic rings. The molecule has 1 unspecified atom stereocenters. The quantitative estimate of drug-likeness (QED) is 0.587. The van der Waals surface area contributed by atoms with E-state index < -0.39 is 0 Å². The lowest BCUT2D eigenvalue weighted by Gasteiger charge is -2.09. The Labute approximate surface area is 67.1 Å². The molecule has 3 nitrogen and oxygen atoms in total. The first-order chi connectivity index (χ1) is 5.20. The van der Waals surface area contributed by atoms with Crippen LogP contribution in [0.15, 0.2) is 0 Å². The van der Waals surface area contributed by atoms with Crippen LogP contribution in [0.2, 0.25) is 0 Å². The molecule has 0 heterocycles. The lowest BCUT2D eigenvalue weighted by molar-refractivity contribution is -0.125. The number of amides is 1. The normalized spacial score (nSPS) is 11.7. The monoisotopic (exact) mass is 155 g/mol. The number of terminal acetylenes is 1. The predicted octanol–water partition coefficient (Wildman–Crippen LogP) is 0.161. The van der Waals surface area contributed by atoms with Gasteiger partial charge in [-0.15, -0.1) is 12.3 Å². The smallest absolute Gasteiger partial charge is 0.246 e. The van der Waals surface area contributed by atoms with Gasteiger partial charge in [-0.2, -0.15) is 0 Å². The van der Waals surface area contributed by atoms with E-state index in [2.05, 4.69) is 16.0 Å². The Kier molecular flexibility index (Phi) is 5.22. The Hall–Kier alpha value is -1.01. The highest BCUT2D eigenvalue weighted by Crippen LogP contribution is 1.86. The maximum absolute atomic E-state index is 10.8. The van der Waals surface area contributed by atoms with Gasteiger partial charge >= 0.3 is 0 Å². The van der Waals surface area contributed by atoms with Gasteiger partial charge in [-0.25, -0.2) is 0 Å². The number of hydrogen-bond acceptors (Lipinski definition) is 2. The SMILES string of the molecule is C#CCC(C)NC(=O)COC. The van der Waals surface area contributed by atoms with Crippen molar-refractivity contribution in [2.24, 2.45) is 0 Å². The Morgan fingerprint density at radius 1 is 1.82 bits per heavy atom. The molecule has 0 radical (unpaired) electrons. The average molecular weight is 155 g/mol. The standard InChI is InChI=1S/C8H13NO2/c1-4-5-7(2)9-8(10)6-11-3/h1,7H,5-6H2,2-3H3,(H,9,10). The molecular weight excluding hydrogens is 142 g/mol. The number of ether oxygens (including phenoxy) is 1. The molecular formula is C8H13NO2. The van der Waals surface area contributed by atoms with Crippen LogP contribution in [0.1, 0.15) is 13.3 Å². The molecule has 3 heteroatoms. The first kappa shape index (κ1) is 9.99. The van der Waals surface area contributed by atoms with E-state index in [-0.39, 0.29) is 18.6 Å². The average Bonchev–Trinajstić information content (AvgIpc) is 1.87. The van der Waals surface area contributed by atoms with E-state index in [9.17, 15) is 4.79 Å². The summed E-state index contributed by atoms with van der Waals surface area (Å²) in [7, 11) is 1.48. The molecule has 0 aromatic heterocycles. The van der Waals surface area contributed by atoms with Crippen LogP contribution >= 0.6 is 0 Å². The second kappa shape index (κ2) is 5.75. The number of methoxy groups -OCH3 is 1. The minimum absolute atomic E-state index is 0.0302. The largest absolute Gasteiger partial charge is 0.375 e. The zero-order valence-corrected chi connectivity index (χ0v) is 6.89. The van der Waals surface area contributed by atoms with Crippen LogP contribution in [0.25, 0.3) is 0 Å². The van der Waals surface area contributed by atoms with Crippen molar-refractivity contribution in [1.82, 2.24) is 5.32 Å². The summed E-state index contributed by atoms with van der Waals surface area (Å²) in [5, 5.41) is 2.68. The van der Waals surface area contributed by atoms with Crippen LogP contribution in [0.4, 0.5) is 0 Å². The fourth-order valence-electron chi connectivity index (χ4n) is 0.675. The summed E-state index contributed by atoms with van der Waals surface area (Å²) in [6.45, 7) is 1.95. The molecule has 0 aromatic rings. The highest BCUT2D eigenvalue weighted by molar-refractivity contribution is 5.77. The predicted molar refractivity (Wildman–Crippen MR) is 42.9 cm³/mol. The van der Waals surface area contributed by atoms with Crippen molar-refractivity contribution >= 4 is 5.91 Å². The van der Waals surface area contributed by atoms with Crippen LogP contribution in [0.3, 0.4) is 0 Å². The number of nitrogens with one attached hydrogen (secondary N) is 1. The Morgan fingerprint density at radius 3 is 2.91 bits per heavy atom. The van der Waals surface area contributed by atoms with Crippen molar-refractivity contribution in [3.05, 3.63) is 0 Å². The van der Waals surface area contributed by atoms with E-state index in [4.69, 9.17) is 6.42 Å². The minimum atomic E-state index is -0.129. The molecule has 1 atom stereocenters. The molecule has 11 heavy (non-hydrogen) atoms. The highest BCUT2D eigenvalue weighted by Gasteiger charge is 2.03. The fourth-order valence-corrected chi connectivity index (χ4v) is 0.675. The Balaban J connectivity index is 3.50. The van der Waals surface area contributed by atoms with Crippen LogP contribution in [-0.2, 0) is 9.53 Å². The van der Waals surface area contributed by atoms with Gasteiger partial charge in [0, 0.05) is 19.6 Å². The van der Waals surface area contributed by atoms with Gasteiger partial charge in [0.1, 0.15) is 6.61 Å². The number of rotatable bonds is 4. The van der Waals surface area contributed by atoms with Gasteiger partial charge in [0.25, 0.3) is 0 Å². The van der Waals surface area contributed by atoms with E-state index in [1.165, 1.54) is 7.11 Å². The maximum Gasteiger partial charge on any atom is 0.246 e. The van der Waals surface area contributed by atoms with Gasteiger partial charge < -0.3 is 10.1 Å². The third-order valence-corrected chi connectivity index (χ3v) is 1.11. The molecule has 0 aliphatic heterocycles. The molecule has 1 N–H and O–H groups in total. The van der Waals surface area contributed by atoms with E-state index in [1.807, 2.05) is 6.92 Å². The number of hydrogen-bond donors (Lipinski definition) is 1. The molecule has 0 saturated carbocycles. The summed E-state index contributed by atoms with van der Waals surface area (Å²) < 4.78 is 4.62. The molecule has 0 saturated heterocycles. The van der Waals surface area contributed by atoms with Gasteiger partial charge in [-0.1, -0.05) is 0 Å². The van der Waals surface area contributed by atoms with Crippen molar-refractivity contribution in [1.29, 1.82) is 0 Å². The zero-order valence-electron chi connectivity index (χ0n) is 6.89. The van der Waals surface area contributed by atoms with Crippen molar-refractivity contribution in [2.75, 3.05) is 13.7 Å². The minimum Gasteiger partial charge on any atom is -0.375 e. The first-order valence-electron chi connectivity index (χ1n) is 3.42. The molecule has 0 spiro atoms. The van der Waals surface area contributed by atoms with Crippen molar-refractivity contribution in [3.63, 3.8) is 0 Å². The molecule has 0 rings (SSSR count). The van der Waals surface area contributed by atoms with Crippen molar-refractivity contribution < 1.29 is 9.53 Å². The summed E-state index contributed by atoms with van der Waals surface area (Å²) in [5.74, 6) is 2.33. The topological polar surface area (TPSA) is 38.3 Å². The summed E-state index contributed by atoms with van der Waals surface area (Å²) in [6, 6.07) is 0.0302. The van der Waals surface area contributed by atoms with E-state index in [0.717, 1.165) is 0 Å². The maximum atomic E-state index is 10.8. The molecule has 0 aromatic carbocycles. The molecule has 62 valence electrons. The van der Waals surface area contributed by atoms with Crippen molar-refractivity contribution in [3.8, 4) is 12.3 Å². The molecule has 0 fully saturated rings. The van der Waals surface area contributed by atoms with Crippen LogP contribution < -0.4 is 5.32 Å². The second-order valence-corrected chi connectivity index (χ2v) is 2.31. The third kappa shape index (κ3) is 5.43. The molecule has 0 aliphatic carbocycles. The van der Waals surface area contributed by atoms with Gasteiger partial charge in [0.2, 0.25) is 5.91 Å². The van der Waals surface area contributed by atoms with Crippen LogP contribution in [0.5, 0.6) is 0 Å². The van der Waals surface area contributed by atoms with Crippen LogP contribution in [-0.4, -0.2) is 25.7 Å². The number of carbonyl (C=O) groups excluding carboxylic acids is 1. The van der Waals surface area contributed by atoms with E-state index >= 15 is 0 Å². The second-order valence-electron chi connectivity index (χ2n) is 2.31. The summed E-state index contributed by atoms with van der Waals surface area (Å²) in [4.78, 5) is 10.8. The number of carbonyl (C=O) groups is 1. The van der Waals surface area contributed by atoms with Gasteiger partial charge in [0.15, 0.2) is 0 Å². The van der Waals surface area contributed by atoms with E-state index in [1.54, 1.807) is 0 Å². The molecule has 1 amide bonds. The lowest BCUT2D eigenvalue weighted by Crippen LogP contribution is -2.34. The summed E-state index contributed by atoms with van der Waals surface area (Å²) in [5.41, 5.74) is 0. The summed E-state index contributed by atoms with van der Waals surface area (Å²) in [6.07, 6.45) is 5.60. The van der Waals surface area contributed by atoms with Gasteiger partial charge in [-0.3, -0.25) is 4.79 Å². The third-order valence-electron chi connectivity index (χ3n) is 1.11. The Bertz CT molecular complexity index is 160. The van der Waals surface area contributed by atoms with E-state index in [0.29, 0.717) is 6.42 Å². The fraction of sp³-hybridized carbons (Fsp3) is 0.625. The lowest BCUT2D eigenvalue weighted by atomic mass is 10.2. The van der Waals surface area contributed by atoms with Gasteiger partial charge in [-0.05, 0) is 6.92 Å². The van der Waals surface area contributed by atoms with Gasteiger partial charge in [0.05, 0.1) is 0 Å². The molecule has 0 bridgehead atoms. The zero-order chi connectivity index (χ0) is 8.69. The van der Waals surface area contributed by atoms with Crippen LogP contribution in [0, 0.1) is 12.3 Å². The first-order valence-corrected chi connectivity index (χ1v) is 3.42.